The number of fused-ring (bicyclic) bond motifs is 3. The summed E-state index contributed by atoms with van der Waals surface area (Å²) in [5.74, 6) is 0. The van der Waals surface area contributed by atoms with Crippen LogP contribution in [0.3, 0.4) is 0 Å². The van der Waals surface area contributed by atoms with E-state index in [1.165, 1.54) is 24.3 Å². The van der Waals surface area contributed by atoms with E-state index in [0.717, 1.165) is 0 Å². The number of benzene rings is 4. The molecule has 6 nitrogen and oxygen atoms in total. The molecule has 2 unspecified atom stereocenters. The predicted octanol–water partition coefficient (Wildman–Crippen LogP) is 5.21. The van der Waals surface area contributed by atoms with Crippen LogP contribution >= 0.6 is 0 Å². The van der Waals surface area contributed by atoms with E-state index in [1.54, 1.807) is 84.9 Å². The maximum atomic E-state index is 13.3. The Morgan fingerprint density at radius 1 is 0.486 bits per heavy atom. The Morgan fingerprint density at radius 2 is 0.800 bits per heavy atom. The summed E-state index contributed by atoms with van der Waals surface area (Å²) in [6, 6.07) is 29.9. The summed E-state index contributed by atoms with van der Waals surface area (Å²) in [6.45, 7) is 0. The Balaban J connectivity index is 2.04. The molecule has 0 radical (unpaired) electrons. The fourth-order valence-electron chi connectivity index (χ4n) is 5.60. The first-order valence-corrected chi connectivity index (χ1v) is 13.9. The van der Waals surface area contributed by atoms with Gasteiger partial charge in [-0.05, 0) is 33.4 Å². The van der Waals surface area contributed by atoms with Gasteiger partial charge in [-0.15, -0.1) is 0 Å². The average Bonchev–Trinajstić information content (AvgIpc) is 3.10. The average molecular weight is 507 g/mol. The van der Waals surface area contributed by atoms with Gasteiger partial charge in [0.15, 0.2) is 0 Å². The van der Waals surface area contributed by atoms with Gasteiger partial charge in [-0.3, -0.25) is 9.11 Å². The molecular weight excluding hydrogens is 484 g/mol. The minimum Gasteiger partial charge on any atom is -0.285 e. The summed E-state index contributed by atoms with van der Waals surface area (Å²) in [5.41, 5.74) is 0.543. The number of hydrogen-bond donors (Lipinski definition) is 2. The molecule has 4 aromatic rings. The van der Waals surface area contributed by atoms with Crippen molar-refractivity contribution in [3.63, 3.8) is 0 Å². The van der Waals surface area contributed by atoms with Crippen LogP contribution in [0, 0.1) is 0 Å². The van der Waals surface area contributed by atoms with Crippen molar-refractivity contribution in [1.29, 1.82) is 0 Å². The van der Waals surface area contributed by atoms with Crippen LogP contribution in [0.2, 0.25) is 0 Å². The molecule has 35 heavy (non-hydrogen) atoms. The van der Waals surface area contributed by atoms with Crippen LogP contribution in [0.25, 0.3) is 11.1 Å². The lowest BCUT2D eigenvalue weighted by molar-refractivity contribution is 0.384. The largest absolute Gasteiger partial charge is 0.285 e. The Bertz CT molecular complexity index is 1480. The Kier molecular flexibility index (Phi) is 5.64. The molecule has 178 valence electrons. The molecule has 0 amide bonds. The SMILES string of the molecule is O=S(=O)(O)C(c1ccccc1)C1(C(c2ccccc2)S(=O)(=O)O)c2ccccc2-c2ccccc21. The first-order valence-electron chi connectivity index (χ1n) is 10.9. The molecule has 5 rings (SSSR count). The van der Waals surface area contributed by atoms with Gasteiger partial charge in [0.25, 0.3) is 20.2 Å². The summed E-state index contributed by atoms with van der Waals surface area (Å²) >= 11 is 0. The number of rotatable bonds is 6. The fraction of sp³-hybridized carbons (Fsp3) is 0.111. The van der Waals surface area contributed by atoms with Crippen LogP contribution in [0.4, 0.5) is 0 Å². The normalized spacial score (nSPS) is 16.2. The molecule has 0 aliphatic heterocycles. The van der Waals surface area contributed by atoms with E-state index in [2.05, 4.69) is 0 Å². The standard InChI is InChI=1S/C27H22O6S2/c28-34(29,30)25(19-11-3-1-4-12-19)27(26(35(31,32)33)20-13-5-2-6-14-20)23-17-9-7-15-21(23)22-16-8-10-18-24(22)27/h1-18,25-26H,(H,28,29,30)(H,31,32,33). The monoisotopic (exact) mass is 506 g/mol. The van der Waals surface area contributed by atoms with Crippen molar-refractivity contribution < 1.29 is 25.9 Å². The van der Waals surface area contributed by atoms with Crippen LogP contribution in [0.5, 0.6) is 0 Å². The van der Waals surface area contributed by atoms with E-state index in [1.807, 2.05) is 0 Å². The zero-order valence-electron chi connectivity index (χ0n) is 18.4. The highest BCUT2D eigenvalue weighted by molar-refractivity contribution is 7.87. The van der Waals surface area contributed by atoms with Gasteiger partial charge in [0.1, 0.15) is 10.5 Å². The van der Waals surface area contributed by atoms with Crippen LogP contribution < -0.4 is 0 Å². The van der Waals surface area contributed by atoms with Crippen molar-refractivity contribution in [1.82, 2.24) is 0 Å². The van der Waals surface area contributed by atoms with Crippen LogP contribution in [0.1, 0.15) is 32.8 Å². The second-order valence-corrected chi connectivity index (χ2v) is 11.6. The molecule has 0 aromatic heterocycles. The molecule has 4 aromatic carbocycles. The molecule has 0 saturated heterocycles. The first kappa shape index (κ1) is 23.4. The van der Waals surface area contributed by atoms with Crippen molar-refractivity contribution in [3.8, 4) is 11.1 Å². The van der Waals surface area contributed by atoms with Crippen molar-refractivity contribution >= 4 is 20.2 Å². The lowest BCUT2D eigenvalue weighted by Gasteiger charge is -2.42. The molecule has 0 bridgehead atoms. The van der Waals surface area contributed by atoms with E-state index in [-0.39, 0.29) is 11.1 Å². The van der Waals surface area contributed by atoms with Crippen LogP contribution in [-0.4, -0.2) is 25.9 Å². The first-order chi connectivity index (χ1) is 16.7. The summed E-state index contributed by atoms with van der Waals surface area (Å²) < 4.78 is 74.7. The third-order valence-corrected chi connectivity index (χ3v) is 9.14. The van der Waals surface area contributed by atoms with E-state index in [9.17, 15) is 25.9 Å². The predicted molar refractivity (Wildman–Crippen MR) is 134 cm³/mol. The minimum atomic E-state index is -4.93. The summed E-state index contributed by atoms with van der Waals surface area (Å²) in [5, 5.41) is -3.48. The van der Waals surface area contributed by atoms with Gasteiger partial charge in [0.05, 0.1) is 5.41 Å². The van der Waals surface area contributed by atoms with Gasteiger partial charge >= 0.3 is 0 Å². The second-order valence-electron chi connectivity index (χ2n) is 8.57. The maximum Gasteiger partial charge on any atom is 0.273 e. The van der Waals surface area contributed by atoms with E-state index in [4.69, 9.17) is 0 Å². The zero-order chi connectivity index (χ0) is 24.8. The summed E-state index contributed by atoms with van der Waals surface area (Å²) in [4.78, 5) is 0. The molecule has 0 saturated carbocycles. The topological polar surface area (TPSA) is 109 Å². The highest BCUT2D eigenvalue weighted by Crippen LogP contribution is 2.63. The minimum absolute atomic E-state index is 0.200. The smallest absolute Gasteiger partial charge is 0.273 e. The van der Waals surface area contributed by atoms with Crippen molar-refractivity contribution in [3.05, 3.63) is 131 Å². The quantitative estimate of drug-likeness (QED) is 0.348. The van der Waals surface area contributed by atoms with E-state index >= 15 is 0 Å². The van der Waals surface area contributed by atoms with Gasteiger partial charge in [-0.25, -0.2) is 0 Å². The lowest BCUT2D eigenvalue weighted by Crippen LogP contribution is -2.45. The van der Waals surface area contributed by atoms with Crippen LogP contribution in [0.15, 0.2) is 109 Å². The highest BCUT2D eigenvalue weighted by atomic mass is 32.2. The summed E-state index contributed by atoms with van der Waals surface area (Å²) in [6.07, 6.45) is 0. The molecule has 0 heterocycles. The Morgan fingerprint density at radius 3 is 1.14 bits per heavy atom. The Hall–Kier alpha value is -3.30. The van der Waals surface area contributed by atoms with Crippen LogP contribution in [-0.2, 0) is 25.7 Å². The molecule has 2 atom stereocenters. The van der Waals surface area contributed by atoms with Crippen molar-refractivity contribution in [2.75, 3.05) is 0 Å². The van der Waals surface area contributed by atoms with Gasteiger partial charge in [-0.1, -0.05) is 109 Å². The Labute approximate surface area is 204 Å². The molecule has 1 aliphatic carbocycles. The van der Waals surface area contributed by atoms with E-state index in [0.29, 0.717) is 22.3 Å². The van der Waals surface area contributed by atoms with E-state index < -0.39 is 36.2 Å². The third-order valence-electron chi connectivity index (χ3n) is 6.66. The molecule has 8 heteroatoms. The molecular formula is C27H22O6S2. The zero-order valence-corrected chi connectivity index (χ0v) is 20.0. The number of hydrogen-bond acceptors (Lipinski definition) is 4. The second kappa shape index (κ2) is 8.42. The van der Waals surface area contributed by atoms with Crippen molar-refractivity contribution in [2.24, 2.45) is 0 Å². The lowest BCUT2D eigenvalue weighted by atomic mass is 9.68. The molecule has 2 N–H and O–H groups in total. The van der Waals surface area contributed by atoms with Crippen molar-refractivity contribution in [2.45, 2.75) is 15.9 Å². The van der Waals surface area contributed by atoms with Gasteiger partial charge < -0.3 is 0 Å². The molecule has 1 aliphatic rings. The molecule has 0 fully saturated rings. The molecule has 0 spiro atoms. The third kappa shape index (κ3) is 3.70. The fourth-order valence-corrected chi connectivity index (χ4v) is 8.41. The summed E-state index contributed by atoms with van der Waals surface area (Å²) in [7, 11) is -9.87. The van der Waals surface area contributed by atoms with Gasteiger partial charge in [0.2, 0.25) is 0 Å². The van der Waals surface area contributed by atoms with Gasteiger partial charge in [-0.2, -0.15) is 16.8 Å². The maximum absolute atomic E-state index is 13.3. The van der Waals surface area contributed by atoms with Gasteiger partial charge in [0, 0.05) is 0 Å². The highest BCUT2D eigenvalue weighted by Gasteiger charge is 2.62.